The number of carbonyl (C=O) groups is 1. The van der Waals surface area contributed by atoms with E-state index < -0.39 is 0 Å². The molecule has 0 aromatic heterocycles. The molecule has 0 saturated heterocycles. The lowest BCUT2D eigenvalue weighted by molar-refractivity contribution is 0.0954. The van der Waals surface area contributed by atoms with E-state index in [0.717, 1.165) is 5.56 Å². The first-order valence-electron chi connectivity index (χ1n) is 7.18. The molecule has 0 aliphatic heterocycles. The lowest BCUT2D eigenvalue weighted by Crippen LogP contribution is -2.17. The van der Waals surface area contributed by atoms with Crippen LogP contribution in [-0.2, 0) is 0 Å². The molecule has 0 fully saturated rings. The Balaban J connectivity index is 2.07. The minimum atomic E-state index is -0.368. The van der Waals surface area contributed by atoms with E-state index in [1.54, 1.807) is 30.3 Å². The Morgan fingerprint density at radius 1 is 1.29 bits per heavy atom. The maximum atomic E-state index is 12.1. The largest absolute Gasteiger partial charge is 0.507 e. The molecule has 2 rings (SSSR count). The molecule has 1 amide bonds. The van der Waals surface area contributed by atoms with Crippen molar-refractivity contribution < 1.29 is 19.4 Å². The molecular weight excluding hydrogens is 376 g/mol. The van der Waals surface area contributed by atoms with Gasteiger partial charge >= 0.3 is 0 Å². The van der Waals surface area contributed by atoms with E-state index in [1.165, 1.54) is 19.4 Å². The Kier molecular flexibility index (Phi) is 6.20. The summed E-state index contributed by atoms with van der Waals surface area (Å²) in [5.41, 5.74) is 3.58. The molecule has 6 nitrogen and oxygen atoms in total. The van der Waals surface area contributed by atoms with Crippen molar-refractivity contribution in [3.8, 4) is 17.2 Å². The van der Waals surface area contributed by atoms with Gasteiger partial charge < -0.3 is 14.6 Å². The van der Waals surface area contributed by atoms with Gasteiger partial charge in [0.05, 0.1) is 24.4 Å². The highest BCUT2D eigenvalue weighted by atomic mass is 79.9. The number of halogens is 1. The summed E-state index contributed by atoms with van der Waals surface area (Å²) < 4.78 is 11.2. The smallest absolute Gasteiger partial charge is 0.271 e. The van der Waals surface area contributed by atoms with E-state index in [4.69, 9.17) is 9.47 Å². The van der Waals surface area contributed by atoms with Crippen molar-refractivity contribution >= 4 is 28.1 Å². The molecule has 0 atom stereocenters. The van der Waals surface area contributed by atoms with Crippen molar-refractivity contribution in [2.24, 2.45) is 5.10 Å². The fourth-order valence-corrected chi connectivity index (χ4v) is 2.32. The Morgan fingerprint density at radius 2 is 2.08 bits per heavy atom. The maximum absolute atomic E-state index is 12.1. The summed E-state index contributed by atoms with van der Waals surface area (Å²) in [4.78, 5) is 12.1. The van der Waals surface area contributed by atoms with Crippen molar-refractivity contribution in [2.75, 3.05) is 13.7 Å². The van der Waals surface area contributed by atoms with Gasteiger partial charge in [0, 0.05) is 5.56 Å². The van der Waals surface area contributed by atoms with E-state index >= 15 is 0 Å². The number of carbonyl (C=O) groups excluding carboxylic acids is 1. The zero-order valence-electron chi connectivity index (χ0n) is 13.2. The fraction of sp³-hybridized carbons (Fsp3) is 0.176. The van der Waals surface area contributed by atoms with Gasteiger partial charge in [-0.05, 0) is 64.8 Å². The summed E-state index contributed by atoms with van der Waals surface area (Å²) in [6, 6.07) is 9.79. The lowest BCUT2D eigenvalue weighted by Gasteiger charge is -2.10. The second-order valence-corrected chi connectivity index (χ2v) is 5.56. The third-order valence-electron chi connectivity index (χ3n) is 3.08. The number of hydrazone groups is 1. The van der Waals surface area contributed by atoms with Crippen LogP contribution >= 0.6 is 15.9 Å². The Labute approximate surface area is 148 Å². The van der Waals surface area contributed by atoms with Crippen LogP contribution in [0.4, 0.5) is 0 Å². The molecule has 7 heteroatoms. The zero-order valence-corrected chi connectivity index (χ0v) is 14.8. The molecule has 0 bridgehead atoms. The van der Waals surface area contributed by atoms with Crippen molar-refractivity contribution in [1.29, 1.82) is 0 Å². The molecule has 24 heavy (non-hydrogen) atoms. The number of ether oxygens (including phenoxy) is 2. The predicted octanol–water partition coefficient (Wildman–Crippen LogP) is 3.33. The van der Waals surface area contributed by atoms with Gasteiger partial charge in [-0.15, -0.1) is 0 Å². The highest BCUT2D eigenvalue weighted by Gasteiger charge is 2.10. The van der Waals surface area contributed by atoms with E-state index in [2.05, 4.69) is 26.5 Å². The number of aromatic hydroxyl groups is 1. The fourth-order valence-electron chi connectivity index (χ4n) is 1.92. The van der Waals surface area contributed by atoms with Crippen LogP contribution in [0.3, 0.4) is 0 Å². The SMILES string of the molecule is CCOc1cc(C(=O)N/N=C/c2ccc(O)c(Br)c2)ccc1OC. The van der Waals surface area contributed by atoms with Crippen molar-refractivity contribution in [3.05, 3.63) is 52.0 Å². The zero-order chi connectivity index (χ0) is 17.5. The second-order valence-electron chi connectivity index (χ2n) is 4.71. The van der Waals surface area contributed by atoms with Crippen LogP contribution in [0.5, 0.6) is 17.2 Å². The van der Waals surface area contributed by atoms with Gasteiger partial charge in [-0.2, -0.15) is 5.10 Å². The van der Waals surface area contributed by atoms with E-state index in [9.17, 15) is 9.90 Å². The highest BCUT2D eigenvalue weighted by Crippen LogP contribution is 2.28. The van der Waals surface area contributed by atoms with Crippen LogP contribution in [0.25, 0.3) is 0 Å². The summed E-state index contributed by atoms with van der Waals surface area (Å²) in [5, 5.41) is 13.3. The van der Waals surface area contributed by atoms with Crippen LogP contribution in [0.15, 0.2) is 46.0 Å². The molecule has 0 aliphatic carbocycles. The topological polar surface area (TPSA) is 80.2 Å². The second kappa shape index (κ2) is 8.35. The minimum absolute atomic E-state index is 0.137. The Bertz CT molecular complexity index is 762. The summed E-state index contributed by atoms with van der Waals surface area (Å²) >= 11 is 3.22. The number of hydrogen-bond donors (Lipinski definition) is 2. The minimum Gasteiger partial charge on any atom is -0.507 e. The first kappa shape index (κ1) is 17.8. The third-order valence-corrected chi connectivity index (χ3v) is 3.71. The molecule has 0 aliphatic rings. The van der Waals surface area contributed by atoms with E-state index in [1.807, 2.05) is 6.92 Å². The highest BCUT2D eigenvalue weighted by molar-refractivity contribution is 9.10. The summed E-state index contributed by atoms with van der Waals surface area (Å²) in [5.74, 6) is 0.829. The molecule has 0 heterocycles. The summed E-state index contributed by atoms with van der Waals surface area (Å²) in [6.07, 6.45) is 1.48. The molecule has 0 radical (unpaired) electrons. The number of hydrogen-bond acceptors (Lipinski definition) is 5. The Hall–Kier alpha value is -2.54. The molecule has 2 aromatic carbocycles. The van der Waals surface area contributed by atoms with Gasteiger partial charge in [0.2, 0.25) is 0 Å². The first-order chi connectivity index (χ1) is 11.5. The van der Waals surface area contributed by atoms with Crippen LogP contribution < -0.4 is 14.9 Å². The molecule has 2 N–H and O–H groups in total. The van der Waals surface area contributed by atoms with Crippen LogP contribution in [-0.4, -0.2) is 30.9 Å². The Morgan fingerprint density at radius 3 is 2.75 bits per heavy atom. The van der Waals surface area contributed by atoms with Crippen molar-refractivity contribution in [2.45, 2.75) is 6.92 Å². The number of phenols is 1. The van der Waals surface area contributed by atoms with Gasteiger partial charge in [-0.3, -0.25) is 4.79 Å². The molecule has 0 unspecified atom stereocenters. The van der Waals surface area contributed by atoms with Gasteiger partial charge in [-0.25, -0.2) is 5.43 Å². The number of amides is 1. The van der Waals surface area contributed by atoms with Gasteiger partial charge in [0.25, 0.3) is 5.91 Å². The average molecular weight is 393 g/mol. The van der Waals surface area contributed by atoms with Gasteiger partial charge in [0.1, 0.15) is 5.75 Å². The first-order valence-corrected chi connectivity index (χ1v) is 7.97. The molecule has 126 valence electrons. The standard InChI is InChI=1S/C17H17BrN2O4/c1-3-24-16-9-12(5-7-15(16)23-2)17(22)20-19-10-11-4-6-14(21)13(18)8-11/h4-10,21H,3H2,1-2H3,(H,20,22)/b19-10+. The van der Waals surface area contributed by atoms with E-state index in [0.29, 0.717) is 28.1 Å². The van der Waals surface area contributed by atoms with Crippen molar-refractivity contribution in [3.63, 3.8) is 0 Å². The van der Waals surface area contributed by atoms with Gasteiger partial charge in [-0.1, -0.05) is 0 Å². The number of rotatable bonds is 6. The van der Waals surface area contributed by atoms with Crippen molar-refractivity contribution in [1.82, 2.24) is 5.43 Å². The monoisotopic (exact) mass is 392 g/mol. The number of nitrogens with zero attached hydrogens (tertiary/aromatic N) is 1. The maximum Gasteiger partial charge on any atom is 0.271 e. The lowest BCUT2D eigenvalue weighted by atomic mass is 10.2. The third kappa shape index (κ3) is 4.48. The quantitative estimate of drug-likeness (QED) is 0.583. The average Bonchev–Trinajstić information content (AvgIpc) is 2.58. The normalized spacial score (nSPS) is 10.6. The molecule has 0 saturated carbocycles. The van der Waals surface area contributed by atoms with Crippen LogP contribution in [0.2, 0.25) is 0 Å². The number of methoxy groups -OCH3 is 1. The number of nitrogens with one attached hydrogen (secondary N) is 1. The van der Waals surface area contributed by atoms with Crippen LogP contribution in [0, 0.1) is 0 Å². The molecular formula is C17H17BrN2O4. The van der Waals surface area contributed by atoms with Gasteiger partial charge in [0.15, 0.2) is 11.5 Å². The number of phenolic OH excluding ortho intramolecular Hbond substituents is 1. The predicted molar refractivity (Wildman–Crippen MR) is 95.0 cm³/mol. The molecule has 0 spiro atoms. The summed E-state index contributed by atoms with van der Waals surface area (Å²) in [7, 11) is 1.54. The number of benzene rings is 2. The summed E-state index contributed by atoms with van der Waals surface area (Å²) in [6.45, 7) is 2.32. The molecule has 2 aromatic rings. The van der Waals surface area contributed by atoms with Crippen LogP contribution in [0.1, 0.15) is 22.8 Å². The van der Waals surface area contributed by atoms with E-state index in [-0.39, 0.29) is 11.7 Å².